The number of nitrogens with one attached hydrogen (secondary N) is 2. The molecule has 0 aliphatic rings. The fourth-order valence-corrected chi connectivity index (χ4v) is 2.20. The number of carbonyl (C=O) groups is 1. The van der Waals surface area contributed by atoms with E-state index in [2.05, 4.69) is 31.4 Å². The van der Waals surface area contributed by atoms with Gasteiger partial charge in [0.2, 0.25) is 5.91 Å². The lowest BCUT2D eigenvalue weighted by molar-refractivity contribution is -0.123. The van der Waals surface area contributed by atoms with Crippen molar-refractivity contribution in [1.82, 2.24) is 10.6 Å². The third-order valence-corrected chi connectivity index (χ3v) is 3.75. The Kier molecular flexibility index (Phi) is 7.51. The van der Waals surface area contributed by atoms with Gasteiger partial charge < -0.3 is 15.1 Å². The van der Waals surface area contributed by atoms with E-state index < -0.39 is 0 Å². The Balaban J connectivity index is 2.24. The third-order valence-electron chi connectivity index (χ3n) is 3.75. The SMILES string of the molecule is CCCCCC(C)(C)CNC(C)C(=O)NCc1ccco1. The summed E-state index contributed by atoms with van der Waals surface area (Å²) >= 11 is 0. The highest BCUT2D eigenvalue weighted by Gasteiger charge is 2.20. The van der Waals surface area contributed by atoms with Gasteiger partial charge >= 0.3 is 0 Å². The summed E-state index contributed by atoms with van der Waals surface area (Å²) in [5.74, 6) is 0.784. The van der Waals surface area contributed by atoms with Gasteiger partial charge in [-0.2, -0.15) is 0 Å². The lowest BCUT2D eigenvalue weighted by Crippen LogP contribution is -2.45. The molecule has 0 aromatic carbocycles. The smallest absolute Gasteiger partial charge is 0.237 e. The Morgan fingerprint density at radius 2 is 2.14 bits per heavy atom. The Hall–Kier alpha value is -1.29. The molecular weight excluding hydrogens is 264 g/mol. The second-order valence-electron chi connectivity index (χ2n) is 6.52. The van der Waals surface area contributed by atoms with Crippen LogP contribution in [0.5, 0.6) is 0 Å². The highest BCUT2D eigenvalue weighted by atomic mass is 16.3. The molecule has 21 heavy (non-hydrogen) atoms. The minimum absolute atomic E-state index is 0.00996. The van der Waals surface area contributed by atoms with Crippen molar-refractivity contribution in [3.63, 3.8) is 0 Å². The van der Waals surface area contributed by atoms with E-state index in [0.717, 1.165) is 12.3 Å². The molecule has 1 atom stereocenters. The van der Waals surface area contributed by atoms with Gasteiger partial charge in [-0.15, -0.1) is 0 Å². The van der Waals surface area contributed by atoms with Gasteiger partial charge in [-0.1, -0.05) is 40.0 Å². The Bertz CT molecular complexity index is 399. The summed E-state index contributed by atoms with van der Waals surface area (Å²) in [5.41, 5.74) is 0.227. The summed E-state index contributed by atoms with van der Waals surface area (Å²) in [6.45, 7) is 9.92. The van der Waals surface area contributed by atoms with Gasteiger partial charge in [0.1, 0.15) is 5.76 Å². The van der Waals surface area contributed by atoms with Crippen LogP contribution >= 0.6 is 0 Å². The lowest BCUT2D eigenvalue weighted by Gasteiger charge is -2.27. The largest absolute Gasteiger partial charge is 0.467 e. The maximum atomic E-state index is 12.0. The molecule has 1 aromatic heterocycles. The molecule has 1 rings (SSSR count). The van der Waals surface area contributed by atoms with E-state index in [4.69, 9.17) is 4.42 Å². The highest BCUT2D eigenvalue weighted by Crippen LogP contribution is 2.22. The monoisotopic (exact) mass is 294 g/mol. The number of hydrogen-bond donors (Lipinski definition) is 2. The molecule has 0 bridgehead atoms. The molecule has 0 saturated heterocycles. The zero-order valence-electron chi connectivity index (χ0n) is 13.9. The van der Waals surface area contributed by atoms with E-state index >= 15 is 0 Å². The van der Waals surface area contributed by atoms with Gasteiger partial charge in [0.25, 0.3) is 0 Å². The zero-order valence-corrected chi connectivity index (χ0v) is 13.9. The number of unbranched alkanes of at least 4 members (excludes halogenated alkanes) is 2. The average Bonchev–Trinajstić information content (AvgIpc) is 2.95. The van der Waals surface area contributed by atoms with Crippen LogP contribution in [0.25, 0.3) is 0 Å². The minimum Gasteiger partial charge on any atom is -0.467 e. The first-order chi connectivity index (χ1) is 9.94. The van der Waals surface area contributed by atoms with Crippen molar-refractivity contribution in [2.24, 2.45) is 5.41 Å². The second-order valence-corrected chi connectivity index (χ2v) is 6.52. The molecule has 1 amide bonds. The van der Waals surface area contributed by atoms with E-state index in [9.17, 15) is 4.79 Å². The number of carbonyl (C=O) groups excluding carboxylic acids is 1. The Morgan fingerprint density at radius 1 is 1.38 bits per heavy atom. The van der Waals surface area contributed by atoms with Crippen molar-refractivity contribution in [3.8, 4) is 0 Å². The molecule has 0 spiro atoms. The Labute approximate surface area is 128 Å². The van der Waals surface area contributed by atoms with Gasteiger partial charge in [-0.3, -0.25) is 4.79 Å². The summed E-state index contributed by atoms with van der Waals surface area (Å²) in [4.78, 5) is 12.0. The van der Waals surface area contributed by atoms with Crippen LogP contribution in [0.4, 0.5) is 0 Å². The summed E-state index contributed by atoms with van der Waals surface area (Å²) < 4.78 is 5.20. The normalized spacial score (nSPS) is 13.1. The van der Waals surface area contributed by atoms with Crippen molar-refractivity contribution in [2.75, 3.05) is 6.54 Å². The van der Waals surface area contributed by atoms with E-state index in [1.54, 1.807) is 6.26 Å². The standard InChI is InChI=1S/C17H30N2O2/c1-5-6-7-10-17(3,4)13-19-14(2)16(20)18-12-15-9-8-11-21-15/h8-9,11,14,19H,5-7,10,12-13H2,1-4H3,(H,18,20). The molecule has 2 N–H and O–H groups in total. The second kappa shape index (κ2) is 8.88. The molecule has 0 aliphatic carbocycles. The van der Waals surface area contributed by atoms with Gasteiger partial charge in [0.15, 0.2) is 0 Å². The van der Waals surface area contributed by atoms with Crippen LogP contribution in [0.1, 0.15) is 59.1 Å². The Morgan fingerprint density at radius 3 is 2.76 bits per heavy atom. The first-order valence-electron chi connectivity index (χ1n) is 7.98. The third kappa shape index (κ3) is 7.32. The van der Waals surface area contributed by atoms with Crippen molar-refractivity contribution in [3.05, 3.63) is 24.2 Å². The molecular formula is C17H30N2O2. The predicted octanol–water partition coefficient (Wildman–Crippen LogP) is 3.48. The minimum atomic E-state index is -0.189. The maximum absolute atomic E-state index is 12.0. The van der Waals surface area contributed by atoms with E-state index in [-0.39, 0.29) is 17.4 Å². The predicted molar refractivity (Wildman–Crippen MR) is 85.9 cm³/mol. The maximum Gasteiger partial charge on any atom is 0.237 e. The molecule has 4 heteroatoms. The molecule has 1 heterocycles. The van der Waals surface area contributed by atoms with Crippen LogP contribution in [0.3, 0.4) is 0 Å². The van der Waals surface area contributed by atoms with E-state index in [1.165, 1.54) is 25.7 Å². The van der Waals surface area contributed by atoms with Crippen molar-refractivity contribution in [2.45, 2.75) is 66.0 Å². The number of rotatable bonds is 10. The highest BCUT2D eigenvalue weighted by molar-refractivity contribution is 5.81. The van der Waals surface area contributed by atoms with Crippen LogP contribution in [0, 0.1) is 5.41 Å². The molecule has 1 unspecified atom stereocenters. The first kappa shape index (κ1) is 17.8. The lowest BCUT2D eigenvalue weighted by atomic mass is 9.86. The van der Waals surface area contributed by atoms with Crippen molar-refractivity contribution in [1.29, 1.82) is 0 Å². The number of amides is 1. The van der Waals surface area contributed by atoms with Crippen LogP contribution in [-0.2, 0) is 11.3 Å². The fraction of sp³-hybridized carbons (Fsp3) is 0.706. The average molecular weight is 294 g/mol. The van der Waals surface area contributed by atoms with Crippen LogP contribution in [0.15, 0.2) is 22.8 Å². The number of furan rings is 1. The van der Waals surface area contributed by atoms with Crippen molar-refractivity contribution >= 4 is 5.91 Å². The molecule has 1 aromatic rings. The number of hydrogen-bond acceptors (Lipinski definition) is 3. The molecule has 0 aliphatic heterocycles. The van der Waals surface area contributed by atoms with Gasteiger partial charge in [0.05, 0.1) is 18.8 Å². The zero-order chi connectivity index (χ0) is 15.7. The summed E-state index contributed by atoms with van der Waals surface area (Å²) in [6.07, 6.45) is 6.58. The van der Waals surface area contributed by atoms with Gasteiger partial charge in [-0.25, -0.2) is 0 Å². The van der Waals surface area contributed by atoms with Gasteiger partial charge in [-0.05, 0) is 30.9 Å². The molecule has 0 fully saturated rings. The molecule has 120 valence electrons. The molecule has 0 saturated carbocycles. The topological polar surface area (TPSA) is 54.3 Å². The van der Waals surface area contributed by atoms with E-state index in [0.29, 0.717) is 6.54 Å². The van der Waals surface area contributed by atoms with Crippen LogP contribution < -0.4 is 10.6 Å². The molecule has 4 nitrogen and oxygen atoms in total. The quantitative estimate of drug-likeness (QED) is 0.650. The molecule has 0 radical (unpaired) electrons. The van der Waals surface area contributed by atoms with E-state index in [1.807, 2.05) is 19.1 Å². The summed E-state index contributed by atoms with van der Waals surface area (Å²) in [6, 6.07) is 3.49. The van der Waals surface area contributed by atoms with Crippen LogP contribution in [-0.4, -0.2) is 18.5 Å². The summed E-state index contributed by atoms with van der Waals surface area (Å²) in [7, 11) is 0. The van der Waals surface area contributed by atoms with Crippen molar-refractivity contribution < 1.29 is 9.21 Å². The summed E-state index contributed by atoms with van der Waals surface area (Å²) in [5, 5.41) is 6.22. The fourth-order valence-electron chi connectivity index (χ4n) is 2.20. The van der Waals surface area contributed by atoms with Gasteiger partial charge in [0, 0.05) is 6.54 Å². The first-order valence-corrected chi connectivity index (χ1v) is 7.98. The van der Waals surface area contributed by atoms with Crippen LogP contribution in [0.2, 0.25) is 0 Å².